The Hall–Kier alpha value is -6.37. The average molecular weight is 1030 g/mol. The van der Waals surface area contributed by atoms with E-state index in [0.29, 0.717) is 0 Å². The molecule has 0 saturated carbocycles. The van der Waals surface area contributed by atoms with E-state index in [1.807, 2.05) is 0 Å². The third-order valence-corrected chi connectivity index (χ3v) is 19.9. The van der Waals surface area contributed by atoms with Crippen molar-refractivity contribution in [3.8, 4) is 11.1 Å². The SMILES string of the molecule is CC(C)(C)c1ccc(N(c2ccc(C(C)(C)C)cc2)c2cc3c4c(c2)N(c2ccc(C(C)(C)C)cc2)c2c(oc5c2-c2ccccc2C5(C)C)B4c2c(ccc4c2SC(C)(C)C4(C)C)N3c2ccc(C(C)(C)C)cc2)cc1. The van der Waals surface area contributed by atoms with Gasteiger partial charge in [0.2, 0.25) is 0 Å². The first-order valence-electron chi connectivity index (χ1n) is 28.1. The molecule has 1 aliphatic carbocycles. The average Bonchev–Trinajstić information content (AvgIpc) is 4.16. The van der Waals surface area contributed by atoms with E-state index >= 15 is 0 Å². The fourth-order valence-electron chi connectivity index (χ4n) is 12.8. The summed E-state index contributed by atoms with van der Waals surface area (Å²) in [5.41, 5.74) is 23.7. The fraction of sp³-hybridized carbons (Fsp3) is 0.352. The minimum Gasteiger partial charge on any atom is -0.471 e. The molecule has 8 aromatic rings. The third-order valence-electron chi connectivity index (χ3n) is 18.2. The van der Waals surface area contributed by atoms with Crippen molar-refractivity contribution in [3.63, 3.8) is 0 Å². The highest BCUT2D eigenvalue weighted by Gasteiger charge is 2.56. The van der Waals surface area contributed by atoms with Gasteiger partial charge in [0.1, 0.15) is 5.76 Å². The number of thioether (sulfide) groups is 1. The molecule has 0 N–H and O–H groups in total. The van der Waals surface area contributed by atoms with Gasteiger partial charge in [-0.3, -0.25) is 0 Å². The summed E-state index contributed by atoms with van der Waals surface area (Å²) in [7, 11) is 0. The van der Waals surface area contributed by atoms with E-state index in [1.54, 1.807) is 0 Å². The summed E-state index contributed by atoms with van der Waals surface area (Å²) in [5, 5.41) is 0. The summed E-state index contributed by atoms with van der Waals surface area (Å²) < 4.78 is 7.79. The van der Waals surface area contributed by atoms with Crippen LogP contribution in [-0.4, -0.2) is 11.5 Å². The van der Waals surface area contributed by atoms with Crippen molar-refractivity contribution >= 4 is 86.2 Å². The van der Waals surface area contributed by atoms with Crippen molar-refractivity contribution in [2.75, 3.05) is 14.7 Å². The fourth-order valence-corrected chi connectivity index (χ4v) is 14.4. The van der Waals surface area contributed by atoms with Crippen LogP contribution in [0.4, 0.5) is 51.2 Å². The third kappa shape index (κ3) is 7.83. The van der Waals surface area contributed by atoms with Gasteiger partial charge in [0, 0.05) is 65.8 Å². The van der Waals surface area contributed by atoms with Crippen molar-refractivity contribution in [2.45, 2.75) is 167 Å². The maximum absolute atomic E-state index is 7.85. The number of nitrogens with zero attached hydrogens (tertiary/aromatic N) is 3. The van der Waals surface area contributed by atoms with Crippen LogP contribution in [0.3, 0.4) is 0 Å². The lowest BCUT2D eigenvalue weighted by atomic mass is 9.35. The highest BCUT2D eigenvalue weighted by atomic mass is 32.2. The number of anilines is 9. The van der Waals surface area contributed by atoms with E-state index in [1.165, 1.54) is 66.0 Å². The Kier molecular flexibility index (Phi) is 11.2. The maximum atomic E-state index is 7.85. The first-order valence-corrected chi connectivity index (χ1v) is 28.9. The molecule has 392 valence electrons. The summed E-state index contributed by atoms with van der Waals surface area (Å²) in [6, 6.07) is 56.5. The van der Waals surface area contributed by atoms with E-state index < -0.39 is 0 Å². The minimum absolute atomic E-state index is 0.000819. The lowest BCUT2D eigenvalue weighted by Gasteiger charge is -2.44. The summed E-state index contributed by atoms with van der Waals surface area (Å²) in [6.07, 6.45) is 0. The summed E-state index contributed by atoms with van der Waals surface area (Å²) in [5.74, 6) is 1.04. The van der Waals surface area contributed by atoms with Gasteiger partial charge in [-0.05, 0) is 166 Å². The van der Waals surface area contributed by atoms with Crippen molar-refractivity contribution in [2.24, 2.45) is 0 Å². The Balaban J connectivity index is 1.24. The highest BCUT2D eigenvalue weighted by molar-refractivity contribution is 8.01. The zero-order valence-electron chi connectivity index (χ0n) is 49.1. The van der Waals surface area contributed by atoms with E-state index in [4.69, 9.17) is 4.42 Å². The molecule has 4 nitrogen and oxygen atoms in total. The Morgan fingerprint density at radius 1 is 0.468 bits per heavy atom. The number of hydrogen-bond donors (Lipinski definition) is 0. The molecule has 77 heavy (non-hydrogen) atoms. The van der Waals surface area contributed by atoms with E-state index in [2.05, 4.69) is 297 Å². The molecule has 0 amide bonds. The number of furan rings is 1. The van der Waals surface area contributed by atoms with Gasteiger partial charge in [-0.15, -0.1) is 11.8 Å². The molecule has 12 rings (SSSR count). The van der Waals surface area contributed by atoms with Gasteiger partial charge in [-0.1, -0.05) is 176 Å². The molecule has 0 radical (unpaired) electrons. The molecule has 4 aliphatic rings. The van der Waals surface area contributed by atoms with Crippen LogP contribution in [0, 0.1) is 0 Å². The number of benzene rings is 7. The van der Waals surface area contributed by atoms with Crippen LogP contribution >= 0.6 is 11.8 Å². The zero-order chi connectivity index (χ0) is 54.9. The Labute approximate surface area is 465 Å². The van der Waals surface area contributed by atoms with Crippen molar-refractivity contribution in [1.29, 1.82) is 0 Å². The number of fused-ring (bicyclic) bond motifs is 10. The monoisotopic (exact) mass is 1030 g/mol. The molecule has 6 heteroatoms. The summed E-state index contributed by atoms with van der Waals surface area (Å²) >= 11 is 2.05. The van der Waals surface area contributed by atoms with Crippen LogP contribution in [0.15, 0.2) is 155 Å². The van der Waals surface area contributed by atoms with E-state index in [9.17, 15) is 0 Å². The van der Waals surface area contributed by atoms with Crippen LogP contribution in [0.1, 0.15) is 164 Å². The van der Waals surface area contributed by atoms with Crippen LogP contribution in [-0.2, 0) is 32.5 Å². The van der Waals surface area contributed by atoms with Gasteiger partial charge >= 0.3 is 0 Å². The van der Waals surface area contributed by atoms with E-state index in [-0.39, 0.29) is 43.9 Å². The zero-order valence-corrected chi connectivity index (χ0v) is 49.9. The van der Waals surface area contributed by atoms with Crippen molar-refractivity contribution in [1.82, 2.24) is 0 Å². The summed E-state index contributed by atoms with van der Waals surface area (Å²) in [4.78, 5) is 9.08. The molecule has 1 aromatic heterocycles. The second-order valence-electron chi connectivity index (χ2n) is 28.3. The molecular formula is C71H78BN3OS. The second kappa shape index (κ2) is 16.8. The Morgan fingerprint density at radius 2 is 0.922 bits per heavy atom. The predicted octanol–water partition coefficient (Wildman–Crippen LogP) is 18.5. The quantitative estimate of drug-likeness (QED) is 0.160. The summed E-state index contributed by atoms with van der Waals surface area (Å²) in [6.45, 7) is 41.9. The van der Waals surface area contributed by atoms with Crippen molar-refractivity contribution < 1.29 is 4.42 Å². The lowest BCUT2D eigenvalue weighted by molar-refractivity contribution is 0.421. The van der Waals surface area contributed by atoms with Crippen molar-refractivity contribution in [3.05, 3.63) is 185 Å². The molecule has 0 fully saturated rings. The van der Waals surface area contributed by atoms with Gasteiger partial charge in [-0.2, -0.15) is 0 Å². The Bertz CT molecular complexity index is 3600. The first-order chi connectivity index (χ1) is 36.0. The largest absolute Gasteiger partial charge is 0.471 e. The molecule has 4 heterocycles. The number of rotatable bonds is 5. The van der Waals surface area contributed by atoms with Crippen LogP contribution in [0.25, 0.3) is 11.1 Å². The smallest absolute Gasteiger partial charge is 0.298 e. The van der Waals surface area contributed by atoms with Gasteiger partial charge in [0.05, 0.1) is 17.0 Å². The maximum Gasteiger partial charge on any atom is 0.298 e. The van der Waals surface area contributed by atoms with Crippen LogP contribution < -0.4 is 31.3 Å². The van der Waals surface area contributed by atoms with Gasteiger partial charge in [0.25, 0.3) is 6.71 Å². The minimum atomic E-state index is -0.365. The van der Waals surface area contributed by atoms with Gasteiger partial charge in [-0.25, -0.2) is 0 Å². The molecule has 0 unspecified atom stereocenters. The molecule has 3 aliphatic heterocycles. The molecule has 7 aromatic carbocycles. The number of hydrogen-bond acceptors (Lipinski definition) is 5. The standard InChI is InChI=1S/C71H78BN3OS/c1-65(2,3)43-23-31-47(32-24-43)73(48-33-25-44(26-34-48)66(4,5)6)51-41-56-59-57(42-51)75(50-37-29-46(30-38-50)68(10,11)12)61-58-52-21-19-20-22-53(52)69(13,14)63(58)76-64(61)72(59)60-55(40-39-54-62(60)77-71(17,18)70(54,15)16)74(56)49-35-27-45(28-36-49)67(7,8)9/h19-42H,1-18H3. The molecule has 0 atom stereocenters. The van der Waals surface area contributed by atoms with Gasteiger partial charge < -0.3 is 19.1 Å². The molecular weight excluding hydrogens is 954 g/mol. The lowest BCUT2D eigenvalue weighted by Crippen LogP contribution is -2.61. The normalized spacial score (nSPS) is 16.6. The first kappa shape index (κ1) is 51.4. The van der Waals surface area contributed by atoms with Crippen LogP contribution in [0.5, 0.6) is 0 Å². The van der Waals surface area contributed by atoms with E-state index in [0.717, 1.165) is 56.9 Å². The second-order valence-corrected chi connectivity index (χ2v) is 30.0. The van der Waals surface area contributed by atoms with Gasteiger partial charge in [0.15, 0.2) is 0 Å². The van der Waals surface area contributed by atoms with Crippen LogP contribution in [0.2, 0.25) is 0 Å². The molecule has 0 saturated heterocycles. The topological polar surface area (TPSA) is 22.9 Å². The predicted molar refractivity (Wildman–Crippen MR) is 333 cm³/mol. The molecule has 0 spiro atoms. The molecule has 0 bridgehead atoms. The Morgan fingerprint density at radius 3 is 1.42 bits per heavy atom. The highest BCUT2D eigenvalue weighted by Crippen LogP contribution is 2.61.